The maximum Gasteiger partial charge on any atom is 0.410 e. The second-order valence-corrected chi connectivity index (χ2v) is 7.03. The van der Waals surface area contributed by atoms with Gasteiger partial charge in [-0.1, -0.05) is 0 Å². The number of amides is 1. The Morgan fingerprint density at radius 2 is 1.95 bits per heavy atom. The molecule has 1 spiro atoms. The summed E-state index contributed by atoms with van der Waals surface area (Å²) >= 11 is 0. The topological polar surface area (TPSA) is 45.7 Å². The second kappa shape index (κ2) is 4.58. The highest BCUT2D eigenvalue weighted by Crippen LogP contribution is 2.42. The molecule has 0 unspecified atom stereocenters. The first-order valence-corrected chi connectivity index (χ1v) is 7.11. The number of pyridine rings is 1. The summed E-state index contributed by atoms with van der Waals surface area (Å²) < 4.78 is 18.1. The van der Waals surface area contributed by atoms with Crippen LogP contribution in [-0.4, -0.2) is 47.8 Å². The first-order valence-electron chi connectivity index (χ1n) is 7.11. The van der Waals surface area contributed by atoms with E-state index in [1.807, 2.05) is 20.8 Å². The number of ether oxygens (including phenoxy) is 1. The average molecular weight is 293 g/mol. The Morgan fingerprint density at radius 3 is 2.48 bits per heavy atom. The van der Waals surface area contributed by atoms with E-state index < -0.39 is 11.5 Å². The summed E-state index contributed by atoms with van der Waals surface area (Å²) in [6, 6.07) is 3.10. The van der Waals surface area contributed by atoms with Gasteiger partial charge in [-0.05, 0) is 32.9 Å². The Balaban J connectivity index is 1.50. The van der Waals surface area contributed by atoms with E-state index in [1.54, 1.807) is 17.2 Å². The van der Waals surface area contributed by atoms with Gasteiger partial charge >= 0.3 is 6.09 Å². The Hall–Kier alpha value is -1.85. The van der Waals surface area contributed by atoms with Gasteiger partial charge in [0, 0.05) is 31.6 Å². The van der Waals surface area contributed by atoms with E-state index in [0.29, 0.717) is 0 Å². The Kier molecular flexibility index (Phi) is 3.07. The third-order valence-corrected chi connectivity index (χ3v) is 3.83. The summed E-state index contributed by atoms with van der Waals surface area (Å²) in [5.41, 5.74) is 0.647. The number of aromatic nitrogens is 1. The third kappa shape index (κ3) is 2.80. The van der Waals surface area contributed by atoms with Crippen LogP contribution in [0.2, 0.25) is 0 Å². The maximum absolute atomic E-state index is 12.8. The molecule has 1 amide bonds. The third-order valence-electron chi connectivity index (χ3n) is 3.83. The molecule has 0 saturated carbocycles. The molecule has 6 heteroatoms. The number of carbonyl (C=O) groups excluding carboxylic acids is 1. The highest BCUT2D eigenvalue weighted by Gasteiger charge is 2.54. The molecule has 0 radical (unpaired) electrons. The van der Waals surface area contributed by atoms with Crippen LogP contribution in [-0.2, 0) is 4.74 Å². The van der Waals surface area contributed by atoms with Crippen molar-refractivity contribution in [3.63, 3.8) is 0 Å². The zero-order chi connectivity index (χ0) is 15.3. The fourth-order valence-electron chi connectivity index (χ4n) is 2.92. The van der Waals surface area contributed by atoms with Gasteiger partial charge in [-0.25, -0.2) is 9.78 Å². The Morgan fingerprint density at radius 1 is 1.29 bits per heavy atom. The van der Waals surface area contributed by atoms with Gasteiger partial charge < -0.3 is 14.5 Å². The van der Waals surface area contributed by atoms with E-state index >= 15 is 0 Å². The lowest BCUT2D eigenvalue weighted by atomic mass is 9.73. The van der Waals surface area contributed by atoms with Crippen LogP contribution in [0.3, 0.4) is 0 Å². The largest absolute Gasteiger partial charge is 0.444 e. The van der Waals surface area contributed by atoms with Crippen LogP contribution in [0, 0.1) is 11.4 Å². The number of carbonyl (C=O) groups is 1. The molecule has 5 nitrogen and oxygen atoms in total. The van der Waals surface area contributed by atoms with E-state index in [9.17, 15) is 9.18 Å². The molecule has 0 aliphatic carbocycles. The van der Waals surface area contributed by atoms with Crippen LogP contribution in [0.1, 0.15) is 20.8 Å². The first kappa shape index (κ1) is 14.1. The molecule has 2 aliphatic heterocycles. The molecular formula is C15H20FN3O2. The zero-order valence-corrected chi connectivity index (χ0v) is 12.6. The second-order valence-electron chi connectivity index (χ2n) is 7.03. The van der Waals surface area contributed by atoms with E-state index in [2.05, 4.69) is 9.88 Å². The number of likely N-dealkylation sites (tertiary alicyclic amines) is 1. The fourth-order valence-corrected chi connectivity index (χ4v) is 2.92. The van der Waals surface area contributed by atoms with E-state index in [0.717, 1.165) is 31.9 Å². The number of hydrogen-bond acceptors (Lipinski definition) is 4. The van der Waals surface area contributed by atoms with Crippen LogP contribution in [0.15, 0.2) is 18.3 Å². The molecule has 3 heterocycles. The van der Waals surface area contributed by atoms with Crippen molar-refractivity contribution in [1.82, 2.24) is 9.88 Å². The summed E-state index contributed by atoms with van der Waals surface area (Å²) in [4.78, 5) is 19.5. The van der Waals surface area contributed by atoms with E-state index in [-0.39, 0.29) is 11.5 Å². The lowest BCUT2D eigenvalue weighted by molar-refractivity contribution is -0.0453. The quantitative estimate of drug-likeness (QED) is 0.745. The first-order chi connectivity index (χ1) is 9.76. The predicted molar refractivity (Wildman–Crippen MR) is 76.6 cm³/mol. The predicted octanol–water partition coefficient (Wildman–Crippen LogP) is 2.28. The molecule has 0 bridgehead atoms. The Bertz CT molecular complexity index is 539. The minimum absolute atomic E-state index is 0.172. The molecule has 1 aromatic heterocycles. The molecule has 21 heavy (non-hydrogen) atoms. The summed E-state index contributed by atoms with van der Waals surface area (Å²) in [5, 5.41) is 0. The van der Waals surface area contributed by atoms with Crippen LogP contribution in [0.4, 0.5) is 14.9 Å². The lowest BCUT2D eigenvalue weighted by Gasteiger charge is -2.60. The minimum atomic E-state index is -0.464. The Labute approximate surface area is 123 Å². The molecule has 3 rings (SSSR count). The summed E-state index contributed by atoms with van der Waals surface area (Å²) in [6.07, 6.45) is 1.31. The highest BCUT2D eigenvalue weighted by atomic mass is 19.1. The molecule has 114 valence electrons. The SMILES string of the molecule is CC(C)(C)OC(=O)N1CC2(C1)CN(c1ccc(F)nc1)C2. The van der Waals surface area contributed by atoms with Crippen molar-refractivity contribution in [3.8, 4) is 0 Å². The molecule has 1 aromatic rings. The van der Waals surface area contributed by atoms with Crippen molar-refractivity contribution in [2.75, 3.05) is 31.1 Å². The van der Waals surface area contributed by atoms with E-state index in [1.165, 1.54) is 6.07 Å². The number of hydrogen-bond donors (Lipinski definition) is 0. The standard InChI is InChI=1S/C15H20FN3O2/c1-14(2,3)21-13(20)19-9-15(10-19)7-18(8-15)11-4-5-12(16)17-6-11/h4-6H,7-10H2,1-3H3. The molecule has 2 saturated heterocycles. The van der Waals surface area contributed by atoms with Crippen molar-refractivity contribution in [2.45, 2.75) is 26.4 Å². The van der Waals surface area contributed by atoms with Crippen LogP contribution < -0.4 is 4.90 Å². The average Bonchev–Trinajstić information content (AvgIpc) is 2.25. The summed E-state index contributed by atoms with van der Waals surface area (Å²) in [7, 11) is 0. The number of nitrogens with zero attached hydrogens (tertiary/aromatic N) is 3. The maximum atomic E-state index is 12.8. The van der Waals surface area contributed by atoms with Gasteiger partial charge in [0.15, 0.2) is 0 Å². The summed E-state index contributed by atoms with van der Waals surface area (Å²) in [5.74, 6) is -0.464. The van der Waals surface area contributed by atoms with E-state index in [4.69, 9.17) is 4.74 Å². The van der Waals surface area contributed by atoms with Gasteiger partial charge in [-0.15, -0.1) is 0 Å². The minimum Gasteiger partial charge on any atom is -0.444 e. The van der Waals surface area contributed by atoms with Crippen molar-refractivity contribution >= 4 is 11.8 Å². The van der Waals surface area contributed by atoms with Crippen molar-refractivity contribution in [3.05, 3.63) is 24.3 Å². The summed E-state index contributed by atoms with van der Waals surface area (Å²) in [6.45, 7) is 8.81. The van der Waals surface area contributed by atoms with Gasteiger partial charge in [0.2, 0.25) is 5.95 Å². The number of halogens is 1. The van der Waals surface area contributed by atoms with Gasteiger partial charge in [0.05, 0.1) is 11.9 Å². The molecule has 2 fully saturated rings. The molecule has 0 aromatic carbocycles. The molecular weight excluding hydrogens is 273 g/mol. The van der Waals surface area contributed by atoms with Gasteiger partial charge in [0.25, 0.3) is 0 Å². The molecule has 0 atom stereocenters. The zero-order valence-electron chi connectivity index (χ0n) is 12.6. The fraction of sp³-hybridized carbons (Fsp3) is 0.600. The van der Waals surface area contributed by atoms with Crippen molar-refractivity contribution in [1.29, 1.82) is 0 Å². The van der Waals surface area contributed by atoms with Crippen molar-refractivity contribution < 1.29 is 13.9 Å². The highest BCUT2D eigenvalue weighted by molar-refractivity contribution is 5.70. The van der Waals surface area contributed by atoms with Crippen LogP contribution in [0.5, 0.6) is 0 Å². The van der Waals surface area contributed by atoms with Crippen molar-refractivity contribution in [2.24, 2.45) is 5.41 Å². The van der Waals surface area contributed by atoms with Gasteiger partial charge in [0.1, 0.15) is 5.60 Å². The molecule has 2 aliphatic rings. The number of anilines is 1. The lowest BCUT2D eigenvalue weighted by Crippen LogP contribution is -2.73. The smallest absolute Gasteiger partial charge is 0.410 e. The van der Waals surface area contributed by atoms with Gasteiger partial charge in [-0.2, -0.15) is 4.39 Å². The van der Waals surface area contributed by atoms with Crippen LogP contribution in [0.25, 0.3) is 0 Å². The number of rotatable bonds is 1. The monoisotopic (exact) mass is 293 g/mol. The normalized spacial score (nSPS) is 20.0. The van der Waals surface area contributed by atoms with Crippen LogP contribution >= 0.6 is 0 Å². The van der Waals surface area contributed by atoms with Gasteiger partial charge in [-0.3, -0.25) is 0 Å². The molecule has 0 N–H and O–H groups in total.